The number of hydrogen-bond acceptors (Lipinski definition) is 3. The van der Waals surface area contributed by atoms with Gasteiger partial charge < -0.3 is 4.90 Å². The summed E-state index contributed by atoms with van der Waals surface area (Å²) < 4.78 is 12.8. The fraction of sp³-hybridized carbons (Fsp3) is 0.364. The molecule has 1 atom stereocenters. The van der Waals surface area contributed by atoms with Gasteiger partial charge in [0, 0.05) is 6.54 Å². The summed E-state index contributed by atoms with van der Waals surface area (Å²) in [5.74, 6) is -1.05. The number of nitrogens with zero attached hydrogens (tertiary/aromatic N) is 3. The van der Waals surface area contributed by atoms with E-state index in [4.69, 9.17) is 5.26 Å². The van der Waals surface area contributed by atoms with Gasteiger partial charge in [0.1, 0.15) is 11.7 Å². The van der Waals surface area contributed by atoms with Crippen LogP contribution < -0.4 is 0 Å². The summed E-state index contributed by atoms with van der Waals surface area (Å²) in [5.41, 5.74) is 0.0575. The summed E-state index contributed by atoms with van der Waals surface area (Å²) in [4.78, 5) is 16.9. The van der Waals surface area contributed by atoms with Crippen LogP contribution in [0.1, 0.15) is 23.3 Å². The predicted molar refractivity (Wildman–Crippen MR) is 53.9 cm³/mol. The van der Waals surface area contributed by atoms with Gasteiger partial charge in [0.05, 0.1) is 6.07 Å². The lowest BCUT2D eigenvalue weighted by Crippen LogP contribution is -2.35. The summed E-state index contributed by atoms with van der Waals surface area (Å²) in [6, 6.07) is 5.73. The largest absolute Gasteiger partial charge is 0.321 e. The summed E-state index contributed by atoms with van der Waals surface area (Å²) in [6.07, 6.45) is 1.48. The monoisotopic (exact) mass is 219 g/mol. The number of amides is 1. The predicted octanol–water partition coefficient (Wildman–Crippen LogP) is 1.35. The van der Waals surface area contributed by atoms with Gasteiger partial charge in [-0.25, -0.2) is 4.98 Å². The molecule has 1 fully saturated rings. The molecule has 2 heterocycles. The fourth-order valence-electron chi connectivity index (χ4n) is 1.82. The van der Waals surface area contributed by atoms with E-state index in [0.717, 1.165) is 6.42 Å². The Balaban J connectivity index is 2.23. The highest BCUT2D eigenvalue weighted by Gasteiger charge is 2.29. The van der Waals surface area contributed by atoms with E-state index in [9.17, 15) is 9.18 Å². The van der Waals surface area contributed by atoms with Gasteiger partial charge in [0.15, 0.2) is 0 Å². The minimum absolute atomic E-state index is 0.0575. The smallest absolute Gasteiger partial charge is 0.273 e. The number of nitriles is 1. The second-order valence-electron chi connectivity index (χ2n) is 3.63. The van der Waals surface area contributed by atoms with Gasteiger partial charge in [0.25, 0.3) is 5.91 Å². The molecule has 0 spiro atoms. The van der Waals surface area contributed by atoms with Crippen LogP contribution in [0.15, 0.2) is 18.2 Å². The molecule has 1 unspecified atom stereocenters. The van der Waals surface area contributed by atoms with Crippen molar-refractivity contribution in [1.82, 2.24) is 9.88 Å². The van der Waals surface area contributed by atoms with E-state index in [1.807, 2.05) is 0 Å². The Kier molecular flexibility index (Phi) is 2.82. The molecule has 4 nitrogen and oxygen atoms in total. The molecule has 82 valence electrons. The van der Waals surface area contributed by atoms with Gasteiger partial charge in [-0.1, -0.05) is 6.07 Å². The Morgan fingerprint density at radius 1 is 1.62 bits per heavy atom. The van der Waals surface area contributed by atoms with Crippen molar-refractivity contribution >= 4 is 5.91 Å². The van der Waals surface area contributed by atoms with Crippen LogP contribution in [0, 0.1) is 17.3 Å². The minimum Gasteiger partial charge on any atom is -0.321 e. The van der Waals surface area contributed by atoms with Gasteiger partial charge in [0.2, 0.25) is 5.95 Å². The highest BCUT2D eigenvalue weighted by Crippen LogP contribution is 2.18. The van der Waals surface area contributed by atoms with Crippen molar-refractivity contribution in [1.29, 1.82) is 5.26 Å². The van der Waals surface area contributed by atoms with E-state index < -0.39 is 12.0 Å². The van der Waals surface area contributed by atoms with Gasteiger partial charge >= 0.3 is 0 Å². The zero-order valence-electron chi connectivity index (χ0n) is 8.56. The summed E-state index contributed by atoms with van der Waals surface area (Å²) in [6.45, 7) is 0.537. The molecule has 1 saturated heterocycles. The third kappa shape index (κ3) is 1.87. The molecule has 5 heteroatoms. The van der Waals surface area contributed by atoms with Crippen molar-refractivity contribution < 1.29 is 9.18 Å². The zero-order valence-corrected chi connectivity index (χ0v) is 8.56. The van der Waals surface area contributed by atoms with Crippen LogP contribution in [0.25, 0.3) is 0 Å². The third-order valence-corrected chi connectivity index (χ3v) is 2.60. The first kappa shape index (κ1) is 10.6. The summed E-state index contributed by atoms with van der Waals surface area (Å²) in [7, 11) is 0. The second kappa shape index (κ2) is 4.27. The summed E-state index contributed by atoms with van der Waals surface area (Å²) >= 11 is 0. The molecule has 1 aliphatic heterocycles. The maximum Gasteiger partial charge on any atom is 0.273 e. The molecule has 0 aromatic carbocycles. The molecule has 0 N–H and O–H groups in total. The van der Waals surface area contributed by atoms with E-state index in [2.05, 4.69) is 11.1 Å². The van der Waals surface area contributed by atoms with Crippen LogP contribution in [0.5, 0.6) is 0 Å². The van der Waals surface area contributed by atoms with Crippen molar-refractivity contribution in [2.75, 3.05) is 6.54 Å². The molecule has 1 aliphatic rings. The van der Waals surface area contributed by atoms with Crippen molar-refractivity contribution in [2.24, 2.45) is 0 Å². The standard InChI is InChI=1S/C11H10FN3O/c12-10-5-1-4-9(14-10)11(16)15-6-2-3-8(15)7-13/h1,4-5,8H,2-3,6H2. The van der Waals surface area contributed by atoms with Crippen LogP contribution in [0.2, 0.25) is 0 Å². The van der Waals surface area contributed by atoms with Gasteiger partial charge in [-0.05, 0) is 25.0 Å². The fourth-order valence-corrected chi connectivity index (χ4v) is 1.82. The minimum atomic E-state index is -0.682. The Hall–Kier alpha value is -1.96. The van der Waals surface area contributed by atoms with Crippen molar-refractivity contribution in [3.05, 3.63) is 29.8 Å². The number of hydrogen-bond donors (Lipinski definition) is 0. The van der Waals surface area contributed by atoms with Crippen LogP contribution in [-0.2, 0) is 0 Å². The van der Waals surface area contributed by atoms with Crippen molar-refractivity contribution in [3.8, 4) is 6.07 Å². The maximum atomic E-state index is 12.8. The second-order valence-corrected chi connectivity index (χ2v) is 3.63. The highest BCUT2D eigenvalue weighted by atomic mass is 19.1. The number of rotatable bonds is 1. The number of carbonyl (C=O) groups excluding carboxylic acids is 1. The average molecular weight is 219 g/mol. The van der Waals surface area contributed by atoms with Crippen molar-refractivity contribution in [2.45, 2.75) is 18.9 Å². The molecule has 0 aliphatic carbocycles. The third-order valence-electron chi connectivity index (χ3n) is 2.60. The quantitative estimate of drug-likeness (QED) is 0.670. The van der Waals surface area contributed by atoms with E-state index in [1.165, 1.54) is 23.1 Å². The Morgan fingerprint density at radius 2 is 2.44 bits per heavy atom. The lowest BCUT2D eigenvalue weighted by Gasteiger charge is -2.18. The Labute approximate surface area is 92.3 Å². The molecule has 2 rings (SSSR count). The lowest BCUT2D eigenvalue weighted by molar-refractivity contribution is 0.0757. The van der Waals surface area contributed by atoms with Crippen LogP contribution in [0.4, 0.5) is 4.39 Å². The molecular weight excluding hydrogens is 209 g/mol. The molecule has 1 aromatic rings. The SMILES string of the molecule is N#CC1CCCN1C(=O)c1cccc(F)n1. The normalized spacial score (nSPS) is 19.5. The zero-order chi connectivity index (χ0) is 11.5. The Bertz CT molecular complexity index is 455. The molecular formula is C11H10FN3O. The van der Waals surface area contributed by atoms with Gasteiger partial charge in [-0.2, -0.15) is 9.65 Å². The number of likely N-dealkylation sites (tertiary alicyclic amines) is 1. The molecule has 1 aromatic heterocycles. The van der Waals surface area contributed by atoms with E-state index in [0.29, 0.717) is 13.0 Å². The van der Waals surface area contributed by atoms with Crippen LogP contribution in [0.3, 0.4) is 0 Å². The van der Waals surface area contributed by atoms with Crippen LogP contribution >= 0.6 is 0 Å². The number of aromatic nitrogens is 1. The number of pyridine rings is 1. The Morgan fingerprint density at radius 3 is 3.12 bits per heavy atom. The van der Waals surface area contributed by atoms with E-state index in [-0.39, 0.29) is 11.6 Å². The average Bonchev–Trinajstić information content (AvgIpc) is 2.76. The first-order valence-electron chi connectivity index (χ1n) is 5.05. The topological polar surface area (TPSA) is 57.0 Å². The molecule has 0 saturated carbocycles. The highest BCUT2D eigenvalue weighted by molar-refractivity contribution is 5.92. The number of carbonyl (C=O) groups is 1. The first-order valence-corrected chi connectivity index (χ1v) is 5.05. The van der Waals surface area contributed by atoms with Gasteiger partial charge in [-0.15, -0.1) is 0 Å². The van der Waals surface area contributed by atoms with Crippen molar-refractivity contribution in [3.63, 3.8) is 0 Å². The van der Waals surface area contributed by atoms with E-state index in [1.54, 1.807) is 0 Å². The molecule has 0 bridgehead atoms. The summed E-state index contributed by atoms with van der Waals surface area (Å²) in [5, 5.41) is 8.85. The van der Waals surface area contributed by atoms with Gasteiger partial charge in [-0.3, -0.25) is 4.79 Å². The number of halogens is 1. The first-order chi connectivity index (χ1) is 7.72. The molecule has 0 radical (unpaired) electrons. The lowest BCUT2D eigenvalue weighted by atomic mass is 10.2. The van der Waals surface area contributed by atoms with E-state index >= 15 is 0 Å². The maximum absolute atomic E-state index is 12.8. The van der Waals surface area contributed by atoms with Crippen LogP contribution in [-0.4, -0.2) is 28.4 Å². The molecule has 16 heavy (non-hydrogen) atoms. The molecule has 1 amide bonds.